The van der Waals surface area contributed by atoms with Crippen molar-refractivity contribution in [1.82, 2.24) is 10.6 Å². The van der Waals surface area contributed by atoms with Gasteiger partial charge in [0.25, 0.3) is 5.91 Å². The van der Waals surface area contributed by atoms with Crippen molar-refractivity contribution in [2.75, 3.05) is 14.2 Å². The van der Waals surface area contributed by atoms with E-state index in [1.165, 1.54) is 0 Å². The summed E-state index contributed by atoms with van der Waals surface area (Å²) < 4.78 is 10.3. The molecule has 6 nitrogen and oxygen atoms in total. The lowest BCUT2D eigenvalue weighted by Gasteiger charge is -2.22. The zero-order valence-electron chi connectivity index (χ0n) is 16.1. The zero-order chi connectivity index (χ0) is 19.8. The molecule has 0 fully saturated rings. The second kappa shape index (κ2) is 9.62. The Hall–Kier alpha value is -3.02. The van der Waals surface area contributed by atoms with E-state index in [9.17, 15) is 9.59 Å². The molecule has 0 bridgehead atoms. The van der Waals surface area contributed by atoms with E-state index in [1.807, 2.05) is 38.1 Å². The van der Waals surface area contributed by atoms with Crippen LogP contribution >= 0.6 is 0 Å². The number of ether oxygens (including phenoxy) is 2. The van der Waals surface area contributed by atoms with Crippen LogP contribution in [0.4, 0.5) is 0 Å². The molecule has 6 heteroatoms. The highest BCUT2D eigenvalue weighted by Gasteiger charge is 2.24. The molecule has 0 aromatic heterocycles. The largest absolute Gasteiger partial charge is 0.497 e. The van der Waals surface area contributed by atoms with Gasteiger partial charge in [0.1, 0.15) is 17.5 Å². The fraction of sp³-hybridized carbons (Fsp3) is 0.333. The molecule has 0 aliphatic heterocycles. The molecule has 1 unspecified atom stereocenters. The predicted octanol–water partition coefficient (Wildman–Crippen LogP) is 2.77. The van der Waals surface area contributed by atoms with E-state index in [4.69, 9.17) is 9.47 Å². The maximum Gasteiger partial charge on any atom is 0.251 e. The van der Waals surface area contributed by atoms with E-state index < -0.39 is 6.04 Å². The molecule has 2 aromatic carbocycles. The van der Waals surface area contributed by atoms with E-state index in [0.717, 1.165) is 11.3 Å². The van der Waals surface area contributed by atoms with Crippen LogP contribution in [-0.2, 0) is 11.3 Å². The maximum absolute atomic E-state index is 12.6. The highest BCUT2D eigenvalue weighted by molar-refractivity contribution is 5.97. The van der Waals surface area contributed by atoms with E-state index in [2.05, 4.69) is 10.6 Å². The Balaban J connectivity index is 2.00. The van der Waals surface area contributed by atoms with Gasteiger partial charge in [0.05, 0.1) is 14.2 Å². The van der Waals surface area contributed by atoms with Crippen molar-refractivity contribution in [2.24, 2.45) is 5.92 Å². The van der Waals surface area contributed by atoms with Gasteiger partial charge in [-0.05, 0) is 47.9 Å². The van der Waals surface area contributed by atoms with Crippen LogP contribution < -0.4 is 20.1 Å². The van der Waals surface area contributed by atoms with Crippen LogP contribution in [0.15, 0.2) is 48.5 Å². The van der Waals surface area contributed by atoms with Crippen molar-refractivity contribution in [3.05, 3.63) is 59.7 Å². The van der Waals surface area contributed by atoms with Crippen molar-refractivity contribution in [1.29, 1.82) is 0 Å². The monoisotopic (exact) mass is 370 g/mol. The number of amides is 2. The number of hydrogen-bond donors (Lipinski definition) is 2. The minimum atomic E-state index is -0.634. The first-order valence-corrected chi connectivity index (χ1v) is 8.80. The van der Waals surface area contributed by atoms with Gasteiger partial charge in [-0.1, -0.05) is 26.0 Å². The molecule has 2 amide bonds. The summed E-state index contributed by atoms with van der Waals surface area (Å²) in [4.78, 5) is 25.1. The van der Waals surface area contributed by atoms with Crippen molar-refractivity contribution < 1.29 is 19.1 Å². The molecular weight excluding hydrogens is 344 g/mol. The van der Waals surface area contributed by atoms with Crippen LogP contribution in [0.1, 0.15) is 29.8 Å². The van der Waals surface area contributed by atoms with Crippen molar-refractivity contribution >= 4 is 11.8 Å². The smallest absolute Gasteiger partial charge is 0.251 e. The molecule has 144 valence electrons. The van der Waals surface area contributed by atoms with E-state index >= 15 is 0 Å². The number of nitrogens with one attached hydrogen (secondary N) is 2. The Morgan fingerprint density at radius 1 is 0.963 bits per heavy atom. The number of methoxy groups -OCH3 is 2. The van der Waals surface area contributed by atoms with E-state index in [0.29, 0.717) is 17.9 Å². The van der Waals surface area contributed by atoms with E-state index in [-0.39, 0.29) is 17.7 Å². The first-order chi connectivity index (χ1) is 12.9. The van der Waals surface area contributed by atoms with Gasteiger partial charge in [0.2, 0.25) is 5.91 Å². The molecule has 0 aliphatic carbocycles. The third kappa shape index (κ3) is 5.74. The SMILES string of the molecule is COc1ccc(C(=O)NC(C(=O)NCc2cccc(OC)c2)C(C)C)cc1. The summed E-state index contributed by atoms with van der Waals surface area (Å²) in [6, 6.07) is 13.6. The van der Waals surface area contributed by atoms with Crippen LogP contribution in [0.3, 0.4) is 0 Å². The average molecular weight is 370 g/mol. The molecule has 2 N–H and O–H groups in total. The van der Waals surface area contributed by atoms with Gasteiger partial charge in [-0.2, -0.15) is 0 Å². The highest BCUT2D eigenvalue weighted by Crippen LogP contribution is 2.14. The van der Waals surface area contributed by atoms with Gasteiger partial charge < -0.3 is 20.1 Å². The Labute approximate surface area is 159 Å². The van der Waals surface area contributed by atoms with E-state index in [1.54, 1.807) is 38.5 Å². The second-order valence-electron chi connectivity index (χ2n) is 6.49. The molecule has 27 heavy (non-hydrogen) atoms. The maximum atomic E-state index is 12.6. The average Bonchev–Trinajstić information content (AvgIpc) is 2.70. The van der Waals surface area contributed by atoms with Gasteiger partial charge in [0, 0.05) is 12.1 Å². The van der Waals surface area contributed by atoms with Gasteiger partial charge in [-0.3, -0.25) is 9.59 Å². The summed E-state index contributed by atoms with van der Waals surface area (Å²) in [7, 11) is 3.16. The molecule has 0 saturated carbocycles. The zero-order valence-corrected chi connectivity index (χ0v) is 16.1. The molecule has 0 saturated heterocycles. The fourth-order valence-electron chi connectivity index (χ4n) is 2.58. The topological polar surface area (TPSA) is 76.7 Å². The molecule has 0 spiro atoms. The quantitative estimate of drug-likeness (QED) is 0.749. The Morgan fingerprint density at radius 2 is 1.63 bits per heavy atom. The summed E-state index contributed by atoms with van der Waals surface area (Å²) in [5.41, 5.74) is 1.40. The summed E-state index contributed by atoms with van der Waals surface area (Å²) in [5.74, 6) is 0.818. The summed E-state index contributed by atoms with van der Waals surface area (Å²) in [6.07, 6.45) is 0. The van der Waals surface area contributed by atoms with Crippen LogP contribution in [-0.4, -0.2) is 32.1 Å². The fourth-order valence-corrected chi connectivity index (χ4v) is 2.58. The van der Waals surface area contributed by atoms with Crippen molar-refractivity contribution in [3.8, 4) is 11.5 Å². The van der Waals surface area contributed by atoms with Crippen LogP contribution in [0, 0.1) is 5.92 Å². The number of rotatable bonds is 8. The van der Waals surface area contributed by atoms with Crippen LogP contribution in [0.25, 0.3) is 0 Å². The molecule has 0 radical (unpaired) electrons. The minimum Gasteiger partial charge on any atom is -0.497 e. The van der Waals surface area contributed by atoms with Gasteiger partial charge in [-0.15, -0.1) is 0 Å². The normalized spacial score (nSPS) is 11.6. The van der Waals surface area contributed by atoms with Crippen molar-refractivity contribution in [2.45, 2.75) is 26.4 Å². The predicted molar refractivity (Wildman–Crippen MR) is 104 cm³/mol. The third-order valence-corrected chi connectivity index (χ3v) is 4.19. The first-order valence-electron chi connectivity index (χ1n) is 8.80. The molecule has 0 heterocycles. The van der Waals surface area contributed by atoms with Crippen LogP contribution in [0.5, 0.6) is 11.5 Å². The standard InChI is InChI=1S/C21H26N2O4/c1-14(2)19(23-20(24)16-8-10-17(26-3)11-9-16)21(25)22-13-15-6-5-7-18(12-15)27-4/h5-12,14,19H,13H2,1-4H3,(H,22,25)(H,23,24). The molecular formula is C21H26N2O4. The minimum absolute atomic E-state index is 0.0579. The van der Waals surface area contributed by atoms with Gasteiger partial charge in [0.15, 0.2) is 0 Å². The molecule has 0 aliphatic rings. The summed E-state index contributed by atoms with van der Waals surface area (Å²) in [5, 5.41) is 5.69. The summed E-state index contributed by atoms with van der Waals surface area (Å²) in [6.45, 7) is 4.14. The van der Waals surface area contributed by atoms with Crippen molar-refractivity contribution in [3.63, 3.8) is 0 Å². The van der Waals surface area contributed by atoms with Gasteiger partial charge in [-0.25, -0.2) is 0 Å². The number of carbonyl (C=O) groups excluding carboxylic acids is 2. The molecule has 2 rings (SSSR count). The third-order valence-electron chi connectivity index (χ3n) is 4.19. The number of benzene rings is 2. The number of carbonyl (C=O) groups is 2. The Bertz CT molecular complexity index is 772. The second-order valence-corrected chi connectivity index (χ2v) is 6.49. The first kappa shape index (κ1) is 20.3. The molecule has 1 atom stereocenters. The van der Waals surface area contributed by atoms with Gasteiger partial charge >= 0.3 is 0 Å². The lowest BCUT2D eigenvalue weighted by molar-refractivity contribution is -0.124. The lowest BCUT2D eigenvalue weighted by Crippen LogP contribution is -2.49. The molecule has 2 aromatic rings. The highest BCUT2D eigenvalue weighted by atomic mass is 16.5. The number of hydrogen-bond acceptors (Lipinski definition) is 4. The lowest BCUT2D eigenvalue weighted by atomic mass is 10.0. The Kier molecular flexibility index (Phi) is 7.23. The van der Waals surface area contributed by atoms with Crippen LogP contribution in [0.2, 0.25) is 0 Å². The summed E-state index contributed by atoms with van der Waals surface area (Å²) >= 11 is 0. The Morgan fingerprint density at radius 3 is 2.22 bits per heavy atom.